The van der Waals surface area contributed by atoms with E-state index in [9.17, 15) is 9.59 Å². The van der Waals surface area contributed by atoms with Gasteiger partial charge in [0, 0.05) is 12.1 Å². The summed E-state index contributed by atoms with van der Waals surface area (Å²) < 4.78 is 10.4. The van der Waals surface area contributed by atoms with E-state index in [0.29, 0.717) is 11.5 Å². The molecule has 2 amide bonds. The lowest BCUT2D eigenvalue weighted by Crippen LogP contribution is -2.43. The van der Waals surface area contributed by atoms with Gasteiger partial charge in [0.2, 0.25) is 11.8 Å². The number of amides is 2. The number of hydrogen-bond acceptors (Lipinski definition) is 4. The van der Waals surface area contributed by atoms with E-state index < -0.39 is 5.91 Å². The third-order valence-electron chi connectivity index (χ3n) is 4.20. The topological polar surface area (TPSA) is 81.9 Å². The quantitative estimate of drug-likeness (QED) is 0.774. The maximum absolute atomic E-state index is 12.5. The fourth-order valence-corrected chi connectivity index (χ4v) is 2.99. The largest absolute Gasteiger partial charge is 0.493 e. The third-order valence-corrected chi connectivity index (χ3v) is 4.20. The molecule has 2 N–H and O–H groups in total. The Labute approximate surface area is 142 Å². The number of primary amides is 1. The van der Waals surface area contributed by atoms with Crippen molar-refractivity contribution in [3.63, 3.8) is 0 Å². The van der Waals surface area contributed by atoms with E-state index in [4.69, 9.17) is 15.2 Å². The number of hydrogen-bond donors (Lipinski definition) is 1. The van der Waals surface area contributed by atoms with Crippen LogP contribution in [0.25, 0.3) is 6.08 Å². The van der Waals surface area contributed by atoms with Crippen molar-refractivity contribution in [1.29, 1.82) is 0 Å². The molecule has 2 rings (SSSR count). The molecule has 1 aromatic carbocycles. The van der Waals surface area contributed by atoms with Gasteiger partial charge in [-0.25, -0.2) is 0 Å². The Morgan fingerprint density at radius 1 is 1.21 bits per heavy atom. The molecule has 1 aliphatic carbocycles. The predicted molar refractivity (Wildman–Crippen MR) is 91.7 cm³/mol. The van der Waals surface area contributed by atoms with Crippen LogP contribution in [0.5, 0.6) is 11.5 Å². The van der Waals surface area contributed by atoms with Gasteiger partial charge in [0.1, 0.15) is 0 Å². The number of carbonyl (C=O) groups is 2. The number of nitrogens with zero attached hydrogens (tertiary/aromatic N) is 1. The number of ether oxygens (including phenoxy) is 2. The molecule has 1 aromatic rings. The van der Waals surface area contributed by atoms with Gasteiger partial charge < -0.3 is 20.1 Å². The Balaban J connectivity index is 2.13. The van der Waals surface area contributed by atoms with Gasteiger partial charge in [0.25, 0.3) is 0 Å². The summed E-state index contributed by atoms with van der Waals surface area (Å²) >= 11 is 0. The molecule has 0 aliphatic heterocycles. The summed E-state index contributed by atoms with van der Waals surface area (Å²) in [6.45, 7) is -0.0419. The molecule has 0 bridgehead atoms. The van der Waals surface area contributed by atoms with Crippen molar-refractivity contribution in [2.24, 2.45) is 5.73 Å². The lowest BCUT2D eigenvalue weighted by Gasteiger charge is -2.26. The standard InChI is InChI=1S/C18H24N2O4/c1-23-15-9-7-13(11-16(15)24-2)8-10-18(22)20(12-17(19)21)14-5-3-4-6-14/h7-11,14H,3-6,12H2,1-2H3,(H2,19,21)/b10-8+. The predicted octanol–water partition coefficient (Wildman–Crippen LogP) is 1.97. The van der Waals surface area contributed by atoms with Crippen LogP contribution in [-0.4, -0.2) is 43.5 Å². The highest BCUT2D eigenvalue weighted by atomic mass is 16.5. The number of methoxy groups -OCH3 is 2. The number of rotatable bonds is 7. The molecule has 6 nitrogen and oxygen atoms in total. The minimum Gasteiger partial charge on any atom is -0.493 e. The van der Waals surface area contributed by atoms with Crippen molar-refractivity contribution in [2.45, 2.75) is 31.7 Å². The first-order chi connectivity index (χ1) is 11.5. The Morgan fingerprint density at radius 2 is 1.88 bits per heavy atom. The summed E-state index contributed by atoms with van der Waals surface area (Å²) in [6.07, 6.45) is 7.17. The molecule has 24 heavy (non-hydrogen) atoms. The lowest BCUT2D eigenvalue weighted by atomic mass is 10.1. The van der Waals surface area contributed by atoms with E-state index in [2.05, 4.69) is 0 Å². The van der Waals surface area contributed by atoms with Gasteiger partial charge >= 0.3 is 0 Å². The van der Waals surface area contributed by atoms with E-state index >= 15 is 0 Å². The number of benzene rings is 1. The second-order valence-corrected chi connectivity index (χ2v) is 5.82. The maximum atomic E-state index is 12.5. The third kappa shape index (κ3) is 4.50. The maximum Gasteiger partial charge on any atom is 0.247 e. The van der Waals surface area contributed by atoms with Gasteiger partial charge in [-0.05, 0) is 36.6 Å². The zero-order valence-corrected chi connectivity index (χ0v) is 14.2. The molecule has 0 saturated heterocycles. The van der Waals surface area contributed by atoms with Crippen LogP contribution in [0.1, 0.15) is 31.2 Å². The van der Waals surface area contributed by atoms with Gasteiger partial charge in [0.05, 0.1) is 20.8 Å². The Kier molecular flexibility index (Phi) is 6.23. The average molecular weight is 332 g/mol. The molecule has 130 valence electrons. The molecule has 1 saturated carbocycles. The smallest absolute Gasteiger partial charge is 0.247 e. The van der Waals surface area contributed by atoms with Crippen molar-refractivity contribution in [2.75, 3.05) is 20.8 Å². The normalized spacial score (nSPS) is 14.8. The van der Waals surface area contributed by atoms with Crippen molar-refractivity contribution >= 4 is 17.9 Å². The molecular weight excluding hydrogens is 308 g/mol. The second-order valence-electron chi connectivity index (χ2n) is 5.82. The van der Waals surface area contributed by atoms with Crippen molar-refractivity contribution in [3.8, 4) is 11.5 Å². The minimum atomic E-state index is -0.491. The Bertz CT molecular complexity index is 621. The van der Waals surface area contributed by atoms with Crippen LogP contribution in [0, 0.1) is 0 Å². The summed E-state index contributed by atoms with van der Waals surface area (Å²) in [5.74, 6) is 0.532. The summed E-state index contributed by atoms with van der Waals surface area (Å²) in [4.78, 5) is 25.3. The fourth-order valence-electron chi connectivity index (χ4n) is 2.99. The Morgan fingerprint density at radius 3 is 2.46 bits per heavy atom. The van der Waals surface area contributed by atoms with E-state index in [-0.39, 0.29) is 18.5 Å². The van der Waals surface area contributed by atoms with Crippen molar-refractivity contribution in [1.82, 2.24) is 4.90 Å². The number of carbonyl (C=O) groups excluding carboxylic acids is 2. The van der Waals surface area contributed by atoms with Crippen LogP contribution in [0.3, 0.4) is 0 Å². The first kappa shape index (κ1) is 17.8. The van der Waals surface area contributed by atoms with E-state index in [1.807, 2.05) is 6.07 Å². The van der Waals surface area contributed by atoms with Crippen LogP contribution >= 0.6 is 0 Å². The van der Waals surface area contributed by atoms with Gasteiger partial charge in [0.15, 0.2) is 11.5 Å². The molecule has 0 atom stereocenters. The molecule has 0 radical (unpaired) electrons. The lowest BCUT2D eigenvalue weighted by molar-refractivity contribution is -0.133. The number of nitrogens with two attached hydrogens (primary N) is 1. The van der Waals surface area contributed by atoms with Crippen LogP contribution in [0.2, 0.25) is 0 Å². The van der Waals surface area contributed by atoms with E-state index in [1.54, 1.807) is 37.3 Å². The van der Waals surface area contributed by atoms with E-state index in [0.717, 1.165) is 31.2 Å². The van der Waals surface area contributed by atoms with Crippen molar-refractivity contribution in [3.05, 3.63) is 29.8 Å². The zero-order valence-electron chi connectivity index (χ0n) is 14.2. The van der Waals surface area contributed by atoms with Crippen LogP contribution < -0.4 is 15.2 Å². The molecule has 6 heteroatoms. The Hall–Kier alpha value is -2.50. The van der Waals surface area contributed by atoms with Crippen molar-refractivity contribution < 1.29 is 19.1 Å². The summed E-state index contributed by atoms with van der Waals surface area (Å²) in [6, 6.07) is 5.50. The second kappa shape index (κ2) is 8.38. The minimum absolute atomic E-state index is 0.0419. The molecule has 0 aromatic heterocycles. The van der Waals surface area contributed by atoms with E-state index in [1.165, 1.54) is 6.08 Å². The highest BCUT2D eigenvalue weighted by molar-refractivity contribution is 5.94. The summed E-state index contributed by atoms with van der Waals surface area (Å²) in [7, 11) is 3.13. The van der Waals surface area contributed by atoms with Gasteiger partial charge in [-0.1, -0.05) is 18.9 Å². The SMILES string of the molecule is COc1ccc(/C=C/C(=O)N(CC(N)=O)C2CCCC2)cc1OC. The van der Waals surface area contributed by atoms with Crippen LogP contribution in [-0.2, 0) is 9.59 Å². The fraction of sp³-hybridized carbons (Fsp3) is 0.444. The summed E-state index contributed by atoms with van der Waals surface area (Å²) in [5.41, 5.74) is 6.10. The molecule has 1 aliphatic rings. The van der Waals surface area contributed by atoms with Gasteiger partial charge in [-0.15, -0.1) is 0 Å². The molecule has 1 fully saturated rings. The molecule has 0 unspecified atom stereocenters. The first-order valence-corrected chi connectivity index (χ1v) is 8.04. The monoisotopic (exact) mass is 332 g/mol. The molecule has 0 spiro atoms. The summed E-state index contributed by atoms with van der Waals surface area (Å²) in [5, 5.41) is 0. The van der Waals surface area contributed by atoms with Gasteiger partial charge in [-0.2, -0.15) is 0 Å². The van der Waals surface area contributed by atoms with Crippen LogP contribution in [0.4, 0.5) is 0 Å². The highest BCUT2D eigenvalue weighted by Crippen LogP contribution is 2.28. The molecule has 0 heterocycles. The van der Waals surface area contributed by atoms with Gasteiger partial charge in [-0.3, -0.25) is 9.59 Å². The first-order valence-electron chi connectivity index (χ1n) is 8.04. The van der Waals surface area contributed by atoms with Crippen LogP contribution in [0.15, 0.2) is 24.3 Å². The zero-order chi connectivity index (χ0) is 17.5. The average Bonchev–Trinajstić information content (AvgIpc) is 3.11. The highest BCUT2D eigenvalue weighted by Gasteiger charge is 2.26. The molecular formula is C18H24N2O4.